The van der Waals surface area contributed by atoms with E-state index < -0.39 is 0 Å². The zero-order valence-electron chi connectivity index (χ0n) is 15.7. The predicted octanol–water partition coefficient (Wildman–Crippen LogP) is 4.50. The first kappa shape index (κ1) is 17.5. The molecule has 2 aromatic carbocycles. The van der Waals surface area contributed by atoms with Crippen molar-refractivity contribution < 1.29 is 4.79 Å². The molecule has 0 radical (unpaired) electrons. The highest BCUT2D eigenvalue weighted by atomic mass is 16.2. The number of nitrogens with zero attached hydrogens (tertiary/aromatic N) is 3. The van der Waals surface area contributed by atoms with Crippen molar-refractivity contribution in [1.82, 2.24) is 14.7 Å². The number of rotatable bonds is 3. The molecular formula is C23H25N3O. The summed E-state index contributed by atoms with van der Waals surface area (Å²) in [6.07, 6.45) is 3.34. The lowest BCUT2D eigenvalue weighted by molar-refractivity contribution is 0.0743. The van der Waals surface area contributed by atoms with Gasteiger partial charge in [0.05, 0.1) is 5.69 Å². The Morgan fingerprint density at radius 2 is 1.70 bits per heavy atom. The van der Waals surface area contributed by atoms with Crippen molar-refractivity contribution in [3.63, 3.8) is 0 Å². The van der Waals surface area contributed by atoms with Crippen molar-refractivity contribution in [2.45, 2.75) is 25.2 Å². The Bertz CT molecular complexity index is 902. The molecule has 1 unspecified atom stereocenters. The van der Waals surface area contributed by atoms with Gasteiger partial charge in [0, 0.05) is 31.6 Å². The van der Waals surface area contributed by atoms with E-state index in [9.17, 15) is 4.79 Å². The van der Waals surface area contributed by atoms with Gasteiger partial charge in [0.1, 0.15) is 5.69 Å². The van der Waals surface area contributed by atoms with Crippen LogP contribution in [0, 0.1) is 0 Å². The lowest BCUT2D eigenvalue weighted by atomic mass is 9.94. The number of carbonyl (C=O) groups is 1. The molecule has 138 valence electrons. The molecule has 1 aliphatic heterocycles. The van der Waals surface area contributed by atoms with Crippen LogP contribution in [0.5, 0.6) is 0 Å². The standard InChI is InChI=1S/C23H25N3O/c1-25-22(16-21(24-25)19-12-6-3-7-13-19)23(27)26-15-9-8-14-20(17-26)18-10-4-2-5-11-18/h2-7,10-13,16,20H,8-9,14-15,17H2,1H3. The van der Waals surface area contributed by atoms with Crippen LogP contribution >= 0.6 is 0 Å². The molecule has 0 spiro atoms. The van der Waals surface area contributed by atoms with Crippen LogP contribution in [-0.2, 0) is 7.05 Å². The topological polar surface area (TPSA) is 38.1 Å². The molecule has 27 heavy (non-hydrogen) atoms. The van der Waals surface area contributed by atoms with E-state index in [4.69, 9.17) is 0 Å². The number of benzene rings is 2. The number of aromatic nitrogens is 2. The molecule has 1 aromatic heterocycles. The Hall–Kier alpha value is -2.88. The quantitative estimate of drug-likeness (QED) is 0.691. The van der Waals surface area contributed by atoms with Crippen LogP contribution in [0.3, 0.4) is 0 Å². The Kier molecular flexibility index (Phi) is 5.05. The maximum absolute atomic E-state index is 13.3. The third kappa shape index (κ3) is 3.80. The van der Waals surface area contributed by atoms with Crippen molar-refractivity contribution in [3.05, 3.63) is 78.0 Å². The van der Waals surface area contributed by atoms with Gasteiger partial charge >= 0.3 is 0 Å². The van der Waals surface area contributed by atoms with Gasteiger partial charge in [-0.1, -0.05) is 67.1 Å². The van der Waals surface area contributed by atoms with Crippen molar-refractivity contribution in [1.29, 1.82) is 0 Å². The lowest BCUT2D eigenvalue weighted by Crippen LogP contribution is -2.35. The number of hydrogen-bond donors (Lipinski definition) is 0. The van der Waals surface area contributed by atoms with Gasteiger partial charge in [-0.05, 0) is 24.5 Å². The second-order valence-electron chi connectivity index (χ2n) is 7.26. The zero-order valence-corrected chi connectivity index (χ0v) is 15.7. The van der Waals surface area contributed by atoms with E-state index >= 15 is 0 Å². The van der Waals surface area contributed by atoms with E-state index in [0.717, 1.165) is 43.6 Å². The van der Waals surface area contributed by atoms with E-state index in [1.54, 1.807) is 4.68 Å². The number of likely N-dealkylation sites (tertiary alicyclic amines) is 1. The molecule has 0 N–H and O–H groups in total. The first-order chi connectivity index (χ1) is 13.2. The Balaban J connectivity index is 1.57. The second kappa shape index (κ2) is 7.78. The number of amides is 1. The van der Waals surface area contributed by atoms with Crippen molar-refractivity contribution in [2.24, 2.45) is 7.05 Å². The van der Waals surface area contributed by atoms with E-state index in [1.807, 2.05) is 54.4 Å². The Morgan fingerprint density at radius 3 is 2.44 bits per heavy atom. The minimum absolute atomic E-state index is 0.0787. The summed E-state index contributed by atoms with van der Waals surface area (Å²) >= 11 is 0. The fraction of sp³-hybridized carbons (Fsp3) is 0.304. The molecule has 4 heteroatoms. The smallest absolute Gasteiger partial charge is 0.272 e. The molecule has 3 aromatic rings. The van der Waals surface area contributed by atoms with Crippen LogP contribution in [0.1, 0.15) is 41.2 Å². The first-order valence-corrected chi connectivity index (χ1v) is 9.66. The fourth-order valence-electron chi connectivity index (χ4n) is 3.90. The lowest BCUT2D eigenvalue weighted by Gasteiger charge is -2.24. The number of carbonyl (C=O) groups excluding carboxylic acids is 1. The summed E-state index contributed by atoms with van der Waals surface area (Å²) in [7, 11) is 1.85. The highest BCUT2D eigenvalue weighted by Crippen LogP contribution is 2.27. The predicted molar refractivity (Wildman–Crippen MR) is 108 cm³/mol. The van der Waals surface area contributed by atoms with Crippen LogP contribution in [0.25, 0.3) is 11.3 Å². The average Bonchev–Trinajstić information content (AvgIpc) is 2.94. The minimum Gasteiger partial charge on any atom is -0.337 e. The van der Waals surface area contributed by atoms with E-state index in [2.05, 4.69) is 29.4 Å². The van der Waals surface area contributed by atoms with Gasteiger partial charge in [0.25, 0.3) is 5.91 Å². The van der Waals surface area contributed by atoms with E-state index in [1.165, 1.54) is 5.56 Å². The van der Waals surface area contributed by atoms with Gasteiger partial charge < -0.3 is 4.90 Å². The first-order valence-electron chi connectivity index (χ1n) is 9.66. The molecule has 4 rings (SSSR count). The van der Waals surface area contributed by atoms with E-state index in [0.29, 0.717) is 11.6 Å². The largest absolute Gasteiger partial charge is 0.337 e. The minimum atomic E-state index is 0.0787. The second-order valence-corrected chi connectivity index (χ2v) is 7.26. The van der Waals surface area contributed by atoms with Crippen LogP contribution in [0.4, 0.5) is 0 Å². The normalized spacial score (nSPS) is 17.5. The Morgan fingerprint density at radius 1 is 1.00 bits per heavy atom. The Labute approximate surface area is 160 Å². The molecular weight excluding hydrogens is 334 g/mol. The molecule has 0 aliphatic carbocycles. The molecule has 0 bridgehead atoms. The van der Waals surface area contributed by atoms with Gasteiger partial charge in [-0.15, -0.1) is 0 Å². The molecule has 4 nitrogen and oxygen atoms in total. The molecule has 1 fully saturated rings. The maximum atomic E-state index is 13.3. The number of hydrogen-bond acceptors (Lipinski definition) is 2. The molecule has 1 aliphatic rings. The molecule has 1 saturated heterocycles. The van der Waals surface area contributed by atoms with Crippen molar-refractivity contribution in [2.75, 3.05) is 13.1 Å². The van der Waals surface area contributed by atoms with Crippen LogP contribution < -0.4 is 0 Å². The fourth-order valence-corrected chi connectivity index (χ4v) is 3.90. The summed E-state index contributed by atoms with van der Waals surface area (Å²) in [6, 6.07) is 22.5. The summed E-state index contributed by atoms with van der Waals surface area (Å²) in [5.74, 6) is 0.481. The van der Waals surface area contributed by atoms with Gasteiger partial charge in [0.15, 0.2) is 0 Å². The maximum Gasteiger partial charge on any atom is 0.272 e. The average molecular weight is 359 g/mol. The highest BCUT2D eigenvalue weighted by molar-refractivity contribution is 5.93. The van der Waals surface area contributed by atoms with Gasteiger partial charge in [-0.2, -0.15) is 5.10 Å². The molecule has 1 amide bonds. The van der Waals surface area contributed by atoms with Crippen LogP contribution in [-0.4, -0.2) is 33.7 Å². The summed E-state index contributed by atoms with van der Waals surface area (Å²) in [6.45, 7) is 1.59. The molecule has 0 saturated carbocycles. The molecule has 2 heterocycles. The monoisotopic (exact) mass is 359 g/mol. The van der Waals surface area contributed by atoms with Gasteiger partial charge in [-0.25, -0.2) is 0 Å². The summed E-state index contributed by atoms with van der Waals surface area (Å²) in [4.78, 5) is 15.3. The van der Waals surface area contributed by atoms with Gasteiger partial charge in [-0.3, -0.25) is 9.48 Å². The summed E-state index contributed by atoms with van der Waals surface area (Å²) in [5, 5.41) is 4.57. The third-order valence-electron chi connectivity index (χ3n) is 5.40. The SMILES string of the molecule is Cn1nc(-c2ccccc2)cc1C(=O)N1CCCCC(c2ccccc2)C1. The van der Waals surface area contributed by atoms with E-state index in [-0.39, 0.29) is 5.91 Å². The zero-order chi connectivity index (χ0) is 18.6. The molecule has 1 atom stereocenters. The van der Waals surface area contributed by atoms with Crippen molar-refractivity contribution >= 4 is 5.91 Å². The van der Waals surface area contributed by atoms with Crippen LogP contribution in [0.2, 0.25) is 0 Å². The summed E-state index contributed by atoms with van der Waals surface area (Å²) < 4.78 is 1.72. The van der Waals surface area contributed by atoms with Crippen LogP contribution in [0.15, 0.2) is 66.7 Å². The van der Waals surface area contributed by atoms with Crippen molar-refractivity contribution in [3.8, 4) is 11.3 Å². The summed E-state index contributed by atoms with van der Waals surface area (Å²) in [5.41, 5.74) is 3.86. The number of aryl methyl sites for hydroxylation is 1. The third-order valence-corrected chi connectivity index (χ3v) is 5.40. The highest BCUT2D eigenvalue weighted by Gasteiger charge is 2.26. The van der Waals surface area contributed by atoms with Gasteiger partial charge in [0.2, 0.25) is 0 Å².